The van der Waals surface area contributed by atoms with Crippen LogP contribution in [0, 0.1) is 0 Å². The van der Waals surface area contributed by atoms with E-state index < -0.39 is 0 Å². The topological polar surface area (TPSA) is 74.0 Å². The van der Waals surface area contributed by atoms with Crippen LogP contribution in [0.25, 0.3) is 0 Å². The number of morpholine rings is 1. The zero-order valence-corrected chi connectivity index (χ0v) is 11.8. The van der Waals surface area contributed by atoms with E-state index in [4.69, 9.17) is 19.9 Å². The maximum absolute atomic E-state index is 11.8. The number of carbonyl (C=O) groups excluding carboxylic acids is 1. The van der Waals surface area contributed by atoms with Crippen LogP contribution < -0.4 is 15.2 Å². The van der Waals surface area contributed by atoms with Crippen LogP contribution in [0.2, 0.25) is 0 Å². The van der Waals surface area contributed by atoms with Crippen molar-refractivity contribution in [3.63, 3.8) is 0 Å². The molecule has 0 radical (unpaired) electrons. The summed E-state index contributed by atoms with van der Waals surface area (Å²) in [6.07, 6.45) is -0.0900. The minimum atomic E-state index is -0.0900. The van der Waals surface area contributed by atoms with E-state index in [1.54, 1.807) is 19.1 Å². The summed E-state index contributed by atoms with van der Waals surface area (Å²) in [5, 5.41) is 0. The Morgan fingerprint density at radius 1 is 1.35 bits per heavy atom. The average Bonchev–Trinajstić information content (AvgIpc) is 2.49. The summed E-state index contributed by atoms with van der Waals surface area (Å²) >= 11 is 0. The SMILES string of the molecule is COc1ccc(CN2CC(CN)OCC2=O)cc1OC. The maximum Gasteiger partial charge on any atom is 0.248 e. The molecule has 0 bridgehead atoms. The number of nitrogens with zero attached hydrogens (tertiary/aromatic N) is 1. The first kappa shape index (κ1) is 14.6. The van der Waals surface area contributed by atoms with Crippen molar-refractivity contribution < 1.29 is 19.0 Å². The first-order valence-corrected chi connectivity index (χ1v) is 6.48. The predicted molar refractivity (Wildman–Crippen MR) is 73.8 cm³/mol. The molecule has 6 nitrogen and oxygen atoms in total. The molecular formula is C14H20N2O4. The van der Waals surface area contributed by atoms with Crippen molar-refractivity contribution in [2.24, 2.45) is 5.73 Å². The Balaban J connectivity index is 2.10. The van der Waals surface area contributed by atoms with Gasteiger partial charge >= 0.3 is 0 Å². The molecule has 1 saturated heterocycles. The summed E-state index contributed by atoms with van der Waals surface area (Å²) in [6, 6.07) is 5.63. The first-order chi connectivity index (χ1) is 9.67. The second-order valence-corrected chi connectivity index (χ2v) is 4.63. The van der Waals surface area contributed by atoms with Crippen LogP contribution in [-0.2, 0) is 16.1 Å². The van der Waals surface area contributed by atoms with E-state index in [1.165, 1.54) is 0 Å². The highest BCUT2D eigenvalue weighted by Crippen LogP contribution is 2.28. The van der Waals surface area contributed by atoms with Gasteiger partial charge in [-0.2, -0.15) is 0 Å². The number of rotatable bonds is 5. The molecule has 20 heavy (non-hydrogen) atoms. The number of benzene rings is 1. The van der Waals surface area contributed by atoms with Crippen molar-refractivity contribution in [2.75, 3.05) is 33.9 Å². The molecule has 1 atom stereocenters. The molecular weight excluding hydrogens is 260 g/mol. The monoisotopic (exact) mass is 280 g/mol. The molecule has 2 N–H and O–H groups in total. The van der Waals surface area contributed by atoms with Crippen molar-refractivity contribution in [3.05, 3.63) is 23.8 Å². The quantitative estimate of drug-likeness (QED) is 0.844. The van der Waals surface area contributed by atoms with Crippen LogP contribution in [0.4, 0.5) is 0 Å². The van der Waals surface area contributed by atoms with E-state index in [1.807, 2.05) is 18.2 Å². The fraction of sp³-hybridized carbons (Fsp3) is 0.500. The lowest BCUT2D eigenvalue weighted by Gasteiger charge is -2.32. The third kappa shape index (κ3) is 3.20. The molecule has 1 fully saturated rings. The van der Waals surface area contributed by atoms with Crippen LogP contribution in [0.1, 0.15) is 5.56 Å². The van der Waals surface area contributed by atoms with Crippen LogP contribution in [-0.4, -0.2) is 50.8 Å². The third-order valence-electron chi connectivity index (χ3n) is 3.30. The molecule has 1 aliphatic rings. The Hall–Kier alpha value is -1.79. The lowest BCUT2D eigenvalue weighted by atomic mass is 10.1. The molecule has 1 aromatic carbocycles. The molecule has 0 saturated carbocycles. The van der Waals surface area contributed by atoms with E-state index in [-0.39, 0.29) is 18.6 Å². The van der Waals surface area contributed by atoms with Gasteiger partial charge in [0.1, 0.15) is 6.61 Å². The summed E-state index contributed by atoms with van der Waals surface area (Å²) in [5.74, 6) is 1.30. The molecule has 0 aromatic heterocycles. The number of ether oxygens (including phenoxy) is 3. The second kappa shape index (κ2) is 6.58. The van der Waals surface area contributed by atoms with Crippen LogP contribution in [0.15, 0.2) is 18.2 Å². The third-order valence-corrected chi connectivity index (χ3v) is 3.30. The summed E-state index contributed by atoms with van der Waals surface area (Å²) in [6.45, 7) is 1.54. The van der Waals surface area contributed by atoms with Crippen LogP contribution >= 0.6 is 0 Å². The van der Waals surface area contributed by atoms with Crippen molar-refractivity contribution in [3.8, 4) is 11.5 Å². The van der Waals surface area contributed by atoms with Gasteiger partial charge in [0, 0.05) is 19.6 Å². The van der Waals surface area contributed by atoms with Gasteiger partial charge in [-0.05, 0) is 17.7 Å². The largest absolute Gasteiger partial charge is 0.493 e. The molecule has 110 valence electrons. The van der Waals surface area contributed by atoms with Gasteiger partial charge in [-0.3, -0.25) is 4.79 Å². The molecule has 1 aliphatic heterocycles. The Kier molecular flexibility index (Phi) is 4.81. The van der Waals surface area contributed by atoms with Gasteiger partial charge in [0.25, 0.3) is 0 Å². The number of hydrogen-bond donors (Lipinski definition) is 1. The zero-order valence-electron chi connectivity index (χ0n) is 11.8. The minimum Gasteiger partial charge on any atom is -0.493 e. The maximum atomic E-state index is 11.8. The summed E-state index contributed by atoms with van der Waals surface area (Å²) in [4.78, 5) is 13.6. The van der Waals surface area contributed by atoms with E-state index in [9.17, 15) is 4.79 Å². The fourth-order valence-corrected chi connectivity index (χ4v) is 2.18. The number of carbonyl (C=O) groups is 1. The van der Waals surface area contributed by atoms with Crippen molar-refractivity contribution in [1.29, 1.82) is 0 Å². The van der Waals surface area contributed by atoms with Gasteiger partial charge in [-0.1, -0.05) is 6.07 Å². The highest BCUT2D eigenvalue weighted by Gasteiger charge is 2.25. The Morgan fingerprint density at radius 3 is 2.75 bits per heavy atom. The van der Waals surface area contributed by atoms with Crippen LogP contribution in [0.3, 0.4) is 0 Å². The highest BCUT2D eigenvalue weighted by atomic mass is 16.5. The number of nitrogens with two attached hydrogens (primary N) is 1. The Morgan fingerprint density at radius 2 is 2.10 bits per heavy atom. The Bertz CT molecular complexity index is 478. The molecule has 1 amide bonds. The van der Waals surface area contributed by atoms with Gasteiger partial charge in [0.2, 0.25) is 5.91 Å². The van der Waals surface area contributed by atoms with Crippen LogP contribution in [0.5, 0.6) is 11.5 Å². The summed E-state index contributed by atoms with van der Waals surface area (Å²) in [7, 11) is 3.18. The van der Waals surface area contributed by atoms with E-state index in [2.05, 4.69) is 0 Å². The normalized spacial score (nSPS) is 19.1. The number of amides is 1. The molecule has 0 spiro atoms. The standard InChI is InChI=1S/C14H20N2O4/c1-18-12-4-3-10(5-13(12)19-2)7-16-8-11(6-15)20-9-14(16)17/h3-5,11H,6-9,15H2,1-2H3. The number of methoxy groups -OCH3 is 2. The lowest BCUT2D eigenvalue weighted by Crippen LogP contribution is -2.48. The van der Waals surface area contributed by atoms with Gasteiger partial charge in [-0.25, -0.2) is 0 Å². The Labute approximate surface area is 118 Å². The van der Waals surface area contributed by atoms with Gasteiger partial charge < -0.3 is 24.8 Å². The molecule has 0 aliphatic carbocycles. The van der Waals surface area contributed by atoms with Crippen molar-refractivity contribution in [1.82, 2.24) is 4.90 Å². The highest BCUT2D eigenvalue weighted by molar-refractivity contribution is 5.78. The molecule has 1 heterocycles. The average molecular weight is 280 g/mol. The summed E-state index contributed by atoms with van der Waals surface area (Å²) < 4.78 is 15.8. The lowest BCUT2D eigenvalue weighted by molar-refractivity contribution is -0.149. The molecule has 1 aromatic rings. The minimum absolute atomic E-state index is 0.0236. The first-order valence-electron chi connectivity index (χ1n) is 6.48. The van der Waals surface area contributed by atoms with Gasteiger partial charge in [-0.15, -0.1) is 0 Å². The van der Waals surface area contributed by atoms with E-state index >= 15 is 0 Å². The molecule has 6 heteroatoms. The second-order valence-electron chi connectivity index (χ2n) is 4.63. The smallest absolute Gasteiger partial charge is 0.248 e. The van der Waals surface area contributed by atoms with Gasteiger partial charge in [0.05, 0.1) is 20.3 Å². The zero-order chi connectivity index (χ0) is 14.5. The number of hydrogen-bond acceptors (Lipinski definition) is 5. The molecule has 2 rings (SSSR count). The fourth-order valence-electron chi connectivity index (χ4n) is 2.18. The molecule has 1 unspecified atom stereocenters. The van der Waals surface area contributed by atoms with Crippen molar-refractivity contribution >= 4 is 5.91 Å². The summed E-state index contributed by atoms with van der Waals surface area (Å²) in [5.41, 5.74) is 6.57. The van der Waals surface area contributed by atoms with E-state index in [0.717, 1.165) is 5.56 Å². The predicted octanol–water partition coefficient (Wildman–Crippen LogP) is 0.390. The van der Waals surface area contributed by atoms with E-state index in [0.29, 0.717) is 31.1 Å². The van der Waals surface area contributed by atoms with Gasteiger partial charge in [0.15, 0.2) is 11.5 Å². The van der Waals surface area contributed by atoms with Crippen molar-refractivity contribution in [2.45, 2.75) is 12.6 Å².